The molecule has 4 N–H and O–H groups in total. The lowest BCUT2D eigenvalue weighted by atomic mass is 10.0. The van der Waals surface area contributed by atoms with E-state index in [9.17, 15) is 25.2 Å². The van der Waals surface area contributed by atoms with Crippen molar-refractivity contribution in [3.05, 3.63) is 72.9 Å². The largest absolute Gasteiger partial charge is 0.464 e. The Bertz CT molecular complexity index is 1630. The van der Waals surface area contributed by atoms with Gasteiger partial charge >= 0.3 is 5.97 Å². The molecule has 4 atom stereocenters. The smallest absolute Gasteiger partial charge is 0.305 e. The highest BCUT2D eigenvalue weighted by Gasteiger charge is 2.20. The lowest BCUT2D eigenvalue weighted by Gasteiger charge is -2.34. The highest BCUT2D eigenvalue weighted by Crippen LogP contribution is 2.23. The van der Waals surface area contributed by atoms with Gasteiger partial charge in [0.2, 0.25) is 0 Å². The van der Waals surface area contributed by atoms with Gasteiger partial charge in [0.1, 0.15) is 6.61 Å². The van der Waals surface area contributed by atoms with Crippen molar-refractivity contribution in [2.24, 2.45) is 0 Å². The predicted molar refractivity (Wildman–Crippen MR) is 406 cm³/mol. The summed E-state index contributed by atoms with van der Waals surface area (Å²) >= 11 is 0. The third-order valence-corrected chi connectivity index (χ3v) is 20.5. The number of ether oxygens (including phenoxy) is 1. The van der Waals surface area contributed by atoms with Crippen LogP contribution in [0.1, 0.15) is 310 Å². The number of aliphatic hydroxyl groups excluding tert-OH is 4. The number of aliphatic hydroxyl groups is 4. The van der Waals surface area contributed by atoms with Gasteiger partial charge in [-0.3, -0.25) is 24.4 Å². The van der Waals surface area contributed by atoms with E-state index < -0.39 is 0 Å². The predicted octanol–water partition coefficient (Wildman–Crippen LogP) is 20.2. The minimum absolute atomic E-state index is 0.118. The van der Waals surface area contributed by atoms with Crippen molar-refractivity contribution in [3.8, 4) is 0 Å². The maximum Gasteiger partial charge on any atom is 0.305 e. The molecular formula is C80H150N4O6S2. The quantitative estimate of drug-likeness (QED) is 0.0201. The van der Waals surface area contributed by atoms with E-state index in [0.29, 0.717) is 39.2 Å². The van der Waals surface area contributed by atoms with Crippen molar-refractivity contribution in [1.82, 2.24) is 19.6 Å². The molecule has 1 rings (SSSR count). The van der Waals surface area contributed by atoms with Crippen molar-refractivity contribution in [3.63, 3.8) is 0 Å². The number of allylic oxidation sites excluding steroid dienone is 12. The first-order valence-electron chi connectivity index (χ1n) is 39.1. The van der Waals surface area contributed by atoms with Gasteiger partial charge in [0.05, 0.1) is 24.4 Å². The topological polar surface area (TPSA) is 120 Å². The van der Waals surface area contributed by atoms with E-state index in [1.807, 2.05) is 21.6 Å². The van der Waals surface area contributed by atoms with Crippen LogP contribution in [0.3, 0.4) is 0 Å². The van der Waals surface area contributed by atoms with Crippen molar-refractivity contribution in [2.45, 2.75) is 335 Å². The molecular weight excluding hydrogens is 1180 g/mol. The first-order chi connectivity index (χ1) is 45.2. The lowest BCUT2D eigenvalue weighted by Crippen LogP contribution is -2.47. The van der Waals surface area contributed by atoms with Gasteiger partial charge in [0.25, 0.3) is 0 Å². The summed E-state index contributed by atoms with van der Waals surface area (Å²) in [6.07, 6.45) is 75.5. The molecule has 0 aromatic carbocycles. The minimum atomic E-state index is -0.382. The Morgan fingerprint density at radius 1 is 0.380 bits per heavy atom. The monoisotopic (exact) mass is 1330 g/mol. The summed E-state index contributed by atoms with van der Waals surface area (Å²) in [7, 11) is 3.93. The number of esters is 1. The molecule has 0 aliphatic carbocycles. The second-order valence-corrected chi connectivity index (χ2v) is 29.7. The van der Waals surface area contributed by atoms with E-state index in [4.69, 9.17) is 4.74 Å². The molecule has 4 unspecified atom stereocenters. The summed E-state index contributed by atoms with van der Waals surface area (Å²) in [6, 6.07) is 0. The van der Waals surface area contributed by atoms with Gasteiger partial charge in [-0.2, -0.15) is 0 Å². The molecule has 0 saturated carbocycles. The summed E-state index contributed by atoms with van der Waals surface area (Å²) in [5, 5.41) is 44.6. The standard InChI is InChI=1S/C80H150N4O6S2/c1-5-9-13-17-21-25-29-31-33-35-39-43-47-51-58-78(87)74-84(75-79(88)59-52-48-44-40-36-34-32-30-26-22-18-14-10-6-2)62-55-70-91-92-71-68-82-65-63-81(64-66-82)67-69-90-80(89)60-53-54-61-83(72-76(85)56-49-45-41-37-27-23-19-15-11-7-3)73-77(86)57-50-46-42-38-28-24-20-16-12-8-4/h9-10,13-14,21-22,25-26,31-34,76-79,85-88H,5-8,11-12,15-20,23-24,27-30,35-75H2,1-4H3/b13-9-,14-10-,25-21-,26-22-,33-31-,34-32-. The van der Waals surface area contributed by atoms with Crippen LogP contribution in [0.4, 0.5) is 0 Å². The van der Waals surface area contributed by atoms with Gasteiger partial charge in [0.15, 0.2) is 0 Å². The van der Waals surface area contributed by atoms with Crippen LogP contribution in [-0.4, -0.2) is 167 Å². The van der Waals surface area contributed by atoms with Crippen LogP contribution >= 0.6 is 21.6 Å². The average Bonchev–Trinajstić information content (AvgIpc) is 3.72. The Balaban J connectivity index is 2.43. The SMILES string of the molecule is CC/C=C\C/C=C\C/C=C\CCCCCCC(O)CN(CCCSSCCN1CCN(CCOC(=O)CCCCN(CC(O)CCCCCCCCCCCC)CC(O)CCCCCCCCCCCC)CC1)CC(O)CCCCCC/C=C\C/C=C\C/C=C\CC. The molecule has 0 bridgehead atoms. The Hall–Kier alpha value is -1.71. The van der Waals surface area contributed by atoms with Crippen molar-refractivity contribution >= 4 is 27.6 Å². The number of hydrogen-bond acceptors (Lipinski definition) is 12. The van der Waals surface area contributed by atoms with Crippen molar-refractivity contribution in [1.29, 1.82) is 0 Å². The molecule has 1 aliphatic rings. The van der Waals surface area contributed by atoms with E-state index in [-0.39, 0.29) is 30.4 Å². The highest BCUT2D eigenvalue weighted by molar-refractivity contribution is 8.76. The summed E-state index contributed by atoms with van der Waals surface area (Å²) < 4.78 is 5.74. The Morgan fingerprint density at radius 2 is 0.707 bits per heavy atom. The van der Waals surface area contributed by atoms with Gasteiger partial charge in [0, 0.05) is 83.4 Å². The Kier molecular flexibility index (Phi) is 67.8. The van der Waals surface area contributed by atoms with E-state index >= 15 is 0 Å². The number of piperazine rings is 1. The third kappa shape index (κ3) is 63.1. The van der Waals surface area contributed by atoms with E-state index in [0.717, 1.165) is 199 Å². The number of carbonyl (C=O) groups is 1. The van der Waals surface area contributed by atoms with Crippen LogP contribution in [0.5, 0.6) is 0 Å². The van der Waals surface area contributed by atoms with Crippen LogP contribution in [0.25, 0.3) is 0 Å². The third-order valence-electron chi connectivity index (χ3n) is 18.1. The van der Waals surface area contributed by atoms with E-state index in [1.54, 1.807) is 0 Å². The first kappa shape index (κ1) is 88.3. The summed E-state index contributed by atoms with van der Waals surface area (Å²) in [4.78, 5) is 22.5. The van der Waals surface area contributed by atoms with Crippen molar-refractivity contribution in [2.75, 3.05) is 96.6 Å². The van der Waals surface area contributed by atoms with Gasteiger partial charge in [-0.05, 0) is 122 Å². The normalized spacial score (nSPS) is 15.2. The number of nitrogens with zero attached hydrogens (tertiary/aromatic N) is 4. The molecule has 538 valence electrons. The fourth-order valence-electron chi connectivity index (χ4n) is 12.3. The molecule has 0 spiro atoms. The second-order valence-electron chi connectivity index (χ2n) is 27.0. The molecule has 12 heteroatoms. The summed E-state index contributed by atoms with van der Waals surface area (Å²) in [6.45, 7) is 19.4. The maximum atomic E-state index is 12.9. The zero-order valence-electron chi connectivity index (χ0n) is 60.7. The molecule has 1 saturated heterocycles. The van der Waals surface area contributed by atoms with Crippen LogP contribution in [0.15, 0.2) is 72.9 Å². The molecule has 1 heterocycles. The molecule has 0 radical (unpaired) electrons. The van der Waals surface area contributed by atoms with Gasteiger partial charge < -0.3 is 25.2 Å². The van der Waals surface area contributed by atoms with Gasteiger partial charge in [-0.15, -0.1) is 0 Å². The van der Waals surface area contributed by atoms with Crippen LogP contribution in [0, 0.1) is 0 Å². The maximum absolute atomic E-state index is 12.9. The fraction of sp³-hybridized carbons (Fsp3) is 0.838. The number of hydrogen-bond donors (Lipinski definition) is 4. The fourth-order valence-corrected chi connectivity index (χ4v) is 14.4. The molecule has 92 heavy (non-hydrogen) atoms. The molecule has 1 fully saturated rings. The number of rotatable bonds is 70. The van der Waals surface area contributed by atoms with Gasteiger partial charge in [-0.1, -0.05) is 289 Å². The van der Waals surface area contributed by atoms with Crippen molar-refractivity contribution < 1.29 is 30.0 Å². The zero-order chi connectivity index (χ0) is 66.5. The van der Waals surface area contributed by atoms with E-state index in [2.05, 4.69) is 120 Å². The molecule has 0 aromatic rings. The highest BCUT2D eigenvalue weighted by atomic mass is 33.1. The van der Waals surface area contributed by atoms with E-state index in [1.165, 1.54) is 141 Å². The Morgan fingerprint density at radius 3 is 1.10 bits per heavy atom. The Labute approximate surface area is 578 Å². The molecule has 0 aromatic heterocycles. The summed E-state index contributed by atoms with van der Waals surface area (Å²) in [5.74, 6) is 2.04. The summed E-state index contributed by atoms with van der Waals surface area (Å²) in [5.41, 5.74) is 0. The number of carbonyl (C=O) groups excluding carboxylic acids is 1. The van der Waals surface area contributed by atoms with Crippen LogP contribution < -0.4 is 0 Å². The molecule has 0 amide bonds. The lowest BCUT2D eigenvalue weighted by molar-refractivity contribution is -0.144. The minimum Gasteiger partial charge on any atom is -0.464 e. The second kappa shape index (κ2) is 70.6. The molecule has 1 aliphatic heterocycles. The first-order valence-corrected chi connectivity index (χ1v) is 41.6. The number of unbranched alkanes of at least 4 members (excludes halogenated alkanes) is 27. The van der Waals surface area contributed by atoms with Crippen LogP contribution in [-0.2, 0) is 9.53 Å². The average molecular weight is 1330 g/mol. The van der Waals surface area contributed by atoms with Gasteiger partial charge in [-0.25, -0.2) is 0 Å². The molecule has 10 nitrogen and oxygen atoms in total. The zero-order valence-corrected chi connectivity index (χ0v) is 62.3. The van der Waals surface area contributed by atoms with Crippen LogP contribution in [0.2, 0.25) is 0 Å².